The molecule has 0 atom stereocenters. The molecule has 1 heterocycles. The van der Waals surface area contributed by atoms with E-state index in [4.69, 9.17) is 5.73 Å². The lowest BCUT2D eigenvalue weighted by Crippen LogP contribution is -2.27. The molecular formula is C24H22N2. The summed E-state index contributed by atoms with van der Waals surface area (Å²) in [6, 6.07) is 26.6. The van der Waals surface area contributed by atoms with Crippen molar-refractivity contribution in [2.24, 2.45) is 5.73 Å². The van der Waals surface area contributed by atoms with E-state index in [1.807, 2.05) is 0 Å². The van der Waals surface area contributed by atoms with Gasteiger partial charge in [-0.2, -0.15) is 0 Å². The fraction of sp³-hybridized carbons (Fsp3) is 0.167. The molecule has 2 heteroatoms. The van der Waals surface area contributed by atoms with E-state index in [2.05, 4.69) is 77.7 Å². The van der Waals surface area contributed by atoms with Crippen LogP contribution >= 0.6 is 0 Å². The molecule has 0 saturated carbocycles. The summed E-state index contributed by atoms with van der Waals surface area (Å²) < 4.78 is 0. The number of rotatable bonds is 2. The Bertz CT molecular complexity index is 1030. The maximum atomic E-state index is 5.89. The maximum absolute atomic E-state index is 5.89. The first kappa shape index (κ1) is 15.6. The van der Waals surface area contributed by atoms with Gasteiger partial charge < -0.3 is 5.73 Å². The van der Waals surface area contributed by atoms with Gasteiger partial charge in [0.2, 0.25) is 0 Å². The van der Waals surface area contributed by atoms with Gasteiger partial charge in [-0.15, -0.1) is 0 Å². The van der Waals surface area contributed by atoms with Gasteiger partial charge in [0, 0.05) is 26.2 Å². The molecule has 0 saturated heterocycles. The van der Waals surface area contributed by atoms with E-state index < -0.39 is 0 Å². The zero-order chi connectivity index (χ0) is 17.5. The van der Waals surface area contributed by atoms with Crippen molar-refractivity contribution in [2.45, 2.75) is 13.1 Å². The highest BCUT2D eigenvalue weighted by Crippen LogP contribution is 2.41. The Balaban J connectivity index is 1.91. The first-order chi connectivity index (χ1) is 12.8. The van der Waals surface area contributed by atoms with Crippen molar-refractivity contribution in [3.8, 4) is 11.1 Å². The Labute approximate surface area is 153 Å². The average Bonchev–Trinajstić information content (AvgIpc) is 2.84. The Kier molecular flexibility index (Phi) is 3.74. The number of hydrogen-bond donors (Lipinski definition) is 1. The molecular weight excluding hydrogens is 316 g/mol. The minimum absolute atomic E-state index is 0.686. The van der Waals surface area contributed by atoms with Gasteiger partial charge in [-0.25, -0.2) is 0 Å². The van der Waals surface area contributed by atoms with Crippen molar-refractivity contribution in [2.75, 3.05) is 13.1 Å². The average molecular weight is 338 g/mol. The summed E-state index contributed by atoms with van der Waals surface area (Å²) in [4.78, 5) is 2.47. The van der Waals surface area contributed by atoms with Crippen LogP contribution in [0.1, 0.15) is 11.1 Å². The lowest BCUT2D eigenvalue weighted by atomic mass is 9.88. The van der Waals surface area contributed by atoms with Crippen LogP contribution in [0.5, 0.6) is 0 Å². The number of fused-ring (bicyclic) bond motifs is 7. The zero-order valence-electron chi connectivity index (χ0n) is 14.8. The second kappa shape index (κ2) is 6.24. The van der Waals surface area contributed by atoms with Gasteiger partial charge in [-0.05, 0) is 43.8 Å². The van der Waals surface area contributed by atoms with Crippen LogP contribution in [0.2, 0.25) is 0 Å². The third kappa shape index (κ3) is 2.42. The van der Waals surface area contributed by atoms with Gasteiger partial charge >= 0.3 is 0 Å². The predicted molar refractivity (Wildman–Crippen MR) is 110 cm³/mol. The summed E-state index contributed by atoms with van der Waals surface area (Å²) in [6.07, 6.45) is 0. The molecule has 0 radical (unpaired) electrons. The van der Waals surface area contributed by atoms with Crippen LogP contribution in [0, 0.1) is 0 Å². The predicted octanol–water partition coefficient (Wildman–Crippen LogP) is 4.93. The molecule has 0 unspecified atom stereocenters. The van der Waals surface area contributed by atoms with E-state index in [0.717, 1.165) is 19.6 Å². The molecule has 4 aromatic rings. The van der Waals surface area contributed by atoms with Gasteiger partial charge in [0.15, 0.2) is 0 Å². The fourth-order valence-corrected chi connectivity index (χ4v) is 4.37. The van der Waals surface area contributed by atoms with Crippen molar-refractivity contribution >= 4 is 21.5 Å². The van der Waals surface area contributed by atoms with Crippen molar-refractivity contribution in [3.05, 3.63) is 83.9 Å². The SMILES string of the molecule is NCCN1Cc2ccc3ccccc3c2-c2c(ccc3ccccc23)C1. The molecule has 0 aromatic heterocycles. The molecule has 26 heavy (non-hydrogen) atoms. The number of nitrogens with zero attached hydrogens (tertiary/aromatic N) is 1. The Morgan fingerprint density at radius 3 is 1.65 bits per heavy atom. The minimum Gasteiger partial charge on any atom is -0.329 e. The molecule has 0 fully saturated rings. The Hall–Kier alpha value is -2.68. The molecule has 2 nitrogen and oxygen atoms in total. The monoisotopic (exact) mass is 338 g/mol. The zero-order valence-corrected chi connectivity index (χ0v) is 14.8. The van der Waals surface area contributed by atoms with Crippen molar-refractivity contribution in [1.29, 1.82) is 0 Å². The summed E-state index contributed by atoms with van der Waals surface area (Å²) in [6.45, 7) is 3.49. The van der Waals surface area contributed by atoms with E-state index in [-0.39, 0.29) is 0 Å². The summed E-state index contributed by atoms with van der Waals surface area (Å²) >= 11 is 0. The van der Waals surface area contributed by atoms with Crippen molar-refractivity contribution in [3.63, 3.8) is 0 Å². The van der Waals surface area contributed by atoms with E-state index in [1.165, 1.54) is 43.8 Å². The van der Waals surface area contributed by atoms with Crippen LogP contribution in [-0.2, 0) is 13.1 Å². The number of benzene rings is 4. The van der Waals surface area contributed by atoms with Gasteiger partial charge in [-0.3, -0.25) is 4.90 Å². The number of hydrogen-bond acceptors (Lipinski definition) is 2. The van der Waals surface area contributed by atoms with Gasteiger partial charge in [0.25, 0.3) is 0 Å². The van der Waals surface area contributed by atoms with Gasteiger partial charge in [-0.1, -0.05) is 72.8 Å². The first-order valence-electron chi connectivity index (χ1n) is 9.29. The fourth-order valence-electron chi connectivity index (χ4n) is 4.37. The quantitative estimate of drug-likeness (QED) is 0.561. The second-order valence-corrected chi connectivity index (χ2v) is 7.14. The first-order valence-corrected chi connectivity index (χ1v) is 9.29. The van der Waals surface area contributed by atoms with E-state index in [9.17, 15) is 0 Å². The minimum atomic E-state index is 0.686. The number of nitrogens with two attached hydrogens (primary N) is 1. The van der Waals surface area contributed by atoms with Crippen molar-refractivity contribution in [1.82, 2.24) is 4.90 Å². The molecule has 1 aliphatic heterocycles. The van der Waals surface area contributed by atoms with Crippen LogP contribution in [0.15, 0.2) is 72.8 Å². The highest BCUT2D eigenvalue weighted by atomic mass is 15.1. The molecule has 0 spiro atoms. The molecule has 2 N–H and O–H groups in total. The highest BCUT2D eigenvalue weighted by molar-refractivity contribution is 6.08. The molecule has 1 aliphatic rings. The summed E-state index contributed by atoms with van der Waals surface area (Å²) in [7, 11) is 0. The van der Waals surface area contributed by atoms with Gasteiger partial charge in [0.05, 0.1) is 0 Å². The van der Waals surface area contributed by atoms with Crippen LogP contribution in [-0.4, -0.2) is 18.0 Å². The maximum Gasteiger partial charge on any atom is 0.0244 e. The van der Waals surface area contributed by atoms with Crippen LogP contribution in [0.25, 0.3) is 32.7 Å². The van der Waals surface area contributed by atoms with Gasteiger partial charge in [0.1, 0.15) is 0 Å². The largest absolute Gasteiger partial charge is 0.329 e. The standard InChI is InChI=1S/C24H22N2/c25-13-14-26-15-19-11-9-17-5-1-3-7-21(17)23(19)24-20(16-26)12-10-18-6-2-4-8-22(18)24/h1-12H,13-16,25H2. The summed E-state index contributed by atoms with van der Waals surface area (Å²) in [5, 5.41) is 5.30. The Morgan fingerprint density at radius 2 is 1.15 bits per heavy atom. The molecule has 0 bridgehead atoms. The van der Waals surface area contributed by atoms with Crippen LogP contribution in [0.4, 0.5) is 0 Å². The second-order valence-electron chi connectivity index (χ2n) is 7.14. The normalized spacial score (nSPS) is 14.2. The summed E-state index contributed by atoms with van der Waals surface area (Å²) in [5.74, 6) is 0. The van der Waals surface area contributed by atoms with E-state index >= 15 is 0 Å². The molecule has 128 valence electrons. The highest BCUT2D eigenvalue weighted by Gasteiger charge is 2.22. The smallest absolute Gasteiger partial charge is 0.0244 e. The third-order valence-electron chi connectivity index (χ3n) is 5.51. The lowest BCUT2D eigenvalue weighted by Gasteiger charge is -2.20. The topological polar surface area (TPSA) is 29.3 Å². The molecule has 5 rings (SSSR count). The lowest BCUT2D eigenvalue weighted by molar-refractivity contribution is 0.267. The van der Waals surface area contributed by atoms with Crippen molar-refractivity contribution < 1.29 is 0 Å². The van der Waals surface area contributed by atoms with E-state index in [1.54, 1.807) is 0 Å². The third-order valence-corrected chi connectivity index (χ3v) is 5.51. The Morgan fingerprint density at radius 1 is 0.654 bits per heavy atom. The molecule has 4 aromatic carbocycles. The summed E-state index contributed by atoms with van der Waals surface area (Å²) in [5.41, 5.74) is 11.5. The molecule has 0 aliphatic carbocycles. The van der Waals surface area contributed by atoms with Crippen LogP contribution in [0.3, 0.4) is 0 Å². The molecule has 0 amide bonds. The van der Waals surface area contributed by atoms with Crippen LogP contribution < -0.4 is 5.73 Å². The van der Waals surface area contributed by atoms with E-state index in [0.29, 0.717) is 6.54 Å².